The van der Waals surface area contributed by atoms with Crippen molar-refractivity contribution in [2.45, 2.75) is 33.3 Å². The highest BCUT2D eigenvalue weighted by molar-refractivity contribution is 6.30. The molecule has 0 saturated carbocycles. The van der Waals surface area contributed by atoms with Crippen molar-refractivity contribution in [3.8, 4) is 0 Å². The fraction of sp³-hybridized carbons (Fsp3) is 0.417. The highest BCUT2D eigenvalue weighted by Crippen LogP contribution is 2.15. The van der Waals surface area contributed by atoms with Crippen LogP contribution in [-0.4, -0.2) is 11.5 Å². The minimum Gasteiger partial charge on any atom is -0.268 e. The van der Waals surface area contributed by atoms with E-state index in [1.165, 1.54) is 0 Å². The van der Waals surface area contributed by atoms with Crippen molar-refractivity contribution in [2.24, 2.45) is 0 Å². The molecule has 0 bridgehead atoms. The Kier molecular flexibility index (Phi) is 3.94. The lowest BCUT2D eigenvalue weighted by atomic mass is 10.1. The summed E-state index contributed by atoms with van der Waals surface area (Å²) >= 11 is 5.81. The molecule has 0 atom stereocenters. The van der Waals surface area contributed by atoms with Gasteiger partial charge in [-0.1, -0.05) is 11.6 Å². The van der Waals surface area contributed by atoms with Gasteiger partial charge in [-0.25, -0.2) is 5.48 Å². The predicted octanol–water partition coefficient (Wildman–Crippen LogP) is 3.11. The average Bonchev–Trinajstić information content (AvgIpc) is 2.13. The highest BCUT2D eigenvalue weighted by Gasteiger charge is 2.15. The first-order valence-electron chi connectivity index (χ1n) is 5.04. The zero-order chi connectivity index (χ0) is 12.3. The van der Waals surface area contributed by atoms with Crippen LogP contribution >= 0.6 is 11.6 Å². The second-order valence-corrected chi connectivity index (χ2v) is 5.04. The molecule has 1 amide bonds. The molecule has 0 aliphatic carbocycles. The van der Waals surface area contributed by atoms with E-state index in [9.17, 15) is 4.79 Å². The molecule has 4 heteroatoms. The van der Waals surface area contributed by atoms with Crippen molar-refractivity contribution in [3.05, 3.63) is 34.3 Å². The van der Waals surface area contributed by atoms with Crippen LogP contribution in [0.25, 0.3) is 0 Å². The molecule has 0 aliphatic rings. The van der Waals surface area contributed by atoms with E-state index in [1.807, 2.05) is 27.7 Å². The summed E-state index contributed by atoms with van der Waals surface area (Å²) in [5, 5.41) is 0.616. The third-order valence-electron chi connectivity index (χ3n) is 1.88. The Hall–Kier alpha value is -1.06. The first-order chi connectivity index (χ1) is 7.29. The molecule has 3 nitrogen and oxygen atoms in total. The zero-order valence-corrected chi connectivity index (χ0v) is 10.7. The normalized spacial score (nSPS) is 11.3. The van der Waals surface area contributed by atoms with Gasteiger partial charge in [0, 0.05) is 10.6 Å². The van der Waals surface area contributed by atoms with Crippen LogP contribution in [0.2, 0.25) is 5.02 Å². The molecule has 0 saturated heterocycles. The van der Waals surface area contributed by atoms with Gasteiger partial charge in [0.2, 0.25) is 0 Å². The van der Waals surface area contributed by atoms with Gasteiger partial charge in [0.25, 0.3) is 5.91 Å². The van der Waals surface area contributed by atoms with E-state index in [0.717, 1.165) is 5.56 Å². The smallest absolute Gasteiger partial charge is 0.268 e. The third kappa shape index (κ3) is 3.83. The number of hydroxylamine groups is 1. The monoisotopic (exact) mass is 241 g/mol. The number of carbonyl (C=O) groups excluding carboxylic acids is 1. The lowest BCUT2D eigenvalue weighted by Crippen LogP contribution is -2.33. The van der Waals surface area contributed by atoms with Gasteiger partial charge in [-0.2, -0.15) is 0 Å². The molecule has 0 aromatic heterocycles. The second-order valence-electron chi connectivity index (χ2n) is 4.60. The Morgan fingerprint density at radius 1 is 1.38 bits per heavy atom. The molecule has 16 heavy (non-hydrogen) atoms. The number of benzene rings is 1. The number of carbonyl (C=O) groups is 1. The summed E-state index contributed by atoms with van der Waals surface area (Å²) in [6, 6.07) is 5.10. The van der Waals surface area contributed by atoms with Crippen LogP contribution < -0.4 is 5.48 Å². The quantitative estimate of drug-likeness (QED) is 0.808. The van der Waals surface area contributed by atoms with Crippen LogP contribution in [0.15, 0.2) is 18.2 Å². The van der Waals surface area contributed by atoms with Gasteiger partial charge < -0.3 is 0 Å². The molecule has 0 heterocycles. The maximum absolute atomic E-state index is 11.7. The molecular formula is C12H16ClNO2. The van der Waals surface area contributed by atoms with Gasteiger partial charge in [-0.05, 0) is 51.5 Å². The minimum absolute atomic E-state index is 0.260. The van der Waals surface area contributed by atoms with Gasteiger partial charge in [0.15, 0.2) is 0 Å². The van der Waals surface area contributed by atoms with Gasteiger partial charge in [-0.3, -0.25) is 9.63 Å². The summed E-state index contributed by atoms with van der Waals surface area (Å²) in [6.45, 7) is 7.42. The molecule has 0 unspecified atom stereocenters. The third-order valence-corrected chi connectivity index (χ3v) is 2.12. The second kappa shape index (κ2) is 4.85. The number of nitrogens with one attached hydrogen (secondary N) is 1. The van der Waals surface area contributed by atoms with Gasteiger partial charge >= 0.3 is 0 Å². The molecule has 0 aliphatic heterocycles. The molecule has 0 radical (unpaired) electrons. The Bertz CT molecular complexity index is 396. The van der Waals surface area contributed by atoms with Gasteiger partial charge in [0.05, 0.1) is 5.60 Å². The van der Waals surface area contributed by atoms with E-state index in [2.05, 4.69) is 5.48 Å². The minimum atomic E-state index is -0.407. The van der Waals surface area contributed by atoms with E-state index in [4.69, 9.17) is 16.4 Å². The molecular weight excluding hydrogens is 226 g/mol. The fourth-order valence-electron chi connectivity index (χ4n) is 1.14. The van der Waals surface area contributed by atoms with E-state index in [0.29, 0.717) is 10.6 Å². The summed E-state index contributed by atoms with van der Waals surface area (Å²) in [7, 11) is 0. The average molecular weight is 242 g/mol. The Morgan fingerprint density at radius 3 is 2.50 bits per heavy atom. The Balaban J connectivity index is 2.74. The van der Waals surface area contributed by atoms with Crippen LogP contribution in [0.4, 0.5) is 0 Å². The van der Waals surface area contributed by atoms with E-state index >= 15 is 0 Å². The van der Waals surface area contributed by atoms with Crippen molar-refractivity contribution >= 4 is 17.5 Å². The molecule has 0 fully saturated rings. The Labute approximate surface area is 101 Å². The standard InChI is InChI=1S/C12H16ClNO2/c1-8-7-9(13)5-6-10(8)11(15)14-16-12(2,3)4/h5-7H,1-4H3,(H,14,15). The van der Waals surface area contributed by atoms with Crippen molar-refractivity contribution in [1.82, 2.24) is 5.48 Å². The maximum Gasteiger partial charge on any atom is 0.275 e. The zero-order valence-electron chi connectivity index (χ0n) is 9.93. The summed E-state index contributed by atoms with van der Waals surface area (Å²) in [5.74, 6) is -0.260. The van der Waals surface area contributed by atoms with Crippen molar-refractivity contribution in [2.75, 3.05) is 0 Å². The van der Waals surface area contributed by atoms with Gasteiger partial charge in [-0.15, -0.1) is 0 Å². The number of hydrogen-bond acceptors (Lipinski definition) is 2. The van der Waals surface area contributed by atoms with Crippen LogP contribution in [0.3, 0.4) is 0 Å². The fourth-order valence-corrected chi connectivity index (χ4v) is 1.36. The Morgan fingerprint density at radius 2 is 2.00 bits per heavy atom. The number of aryl methyl sites for hydroxylation is 1. The lowest BCUT2D eigenvalue weighted by molar-refractivity contribution is -0.0590. The maximum atomic E-state index is 11.7. The van der Waals surface area contributed by atoms with E-state index in [1.54, 1.807) is 18.2 Å². The number of hydrogen-bond donors (Lipinski definition) is 1. The first kappa shape index (κ1) is 13.0. The molecule has 1 aromatic carbocycles. The molecule has 88 valence electrons. The summed E-state index contributed by atoms with van der Waals surface area (Å²) in [4.78, 5) is 16.9. The first-order valence-corrected chi connectivity index (χ1v) is 5.42. The number of amides is 1. The predicted molar refractivity (Wildman–Crippen MR) is 64.5 cm³/mol. The number of rotatable bonds is 2. The van der Waals surface area contributed by atoms with Crippen molar-refractivity contribution in [3.63, 3.8) is 0 Å². The SMILES string of the molecule is Cc1cc(Cl)ccc1C(=O)NOC(C)(C)C. The van der Waals surface area contributed by atoms with Crippen LogP contribution in [-0.2, 0) is 4.84 Å². The molecule has 0 spiro atoms. The van der Waals surface area contributed by atoms with E-state index in [-0.39, 0.29) is 5.91 Å². The molecule has 1 rings (SSSR count). The van der Waals surface area contributed by atoms with E-state index < -0.39 is 5.60 Å². The largest absolute Gasteiger partial charge is 0.275 e. The molecule has 1 N–H and O–H groups in total. The van der Waals surface area contributed by atoms with Crippen LogP contribution in [0.5, 0.6) is 0 Å². The summed E-state index contributed by atoms with van der Waals surface area (Å²) < 4.78 is 0. The topological polar surface area (TPSA) is 38.3 Å². The van der Waals surface area contributed by atoms with Gasteiger partial charge in [0.1, 0.15) is 0 Å². The van der Waals surface area contributed by atoms with Crippen molar-refractivity contribution in [1.29, 1.82) is 0 Å². The van der Waals surface area contributed by atoms with Crippen molar-refractivity contribution < 1.29 is 9.63 Å². The molecule has 1 aromatic rings. The number of halogens is 1. The summed E-state index contributed by atoms with van der Waals surface area (Å²) in [6.07, 6.45) is 0. The van der Waals surface area contributed by atoms with Crippen LogP contribution in [0.1, 0.15) is 36.7 Å². The highest BCUT2D eigenvalue weighted by atomic mass is 35.5. The lowest BCUT2D eigenvalue weighted by Gasteiger charge is -2.19. The summed E-state index contributed by atoms with van der Waals surface area (Å²) in [5.41, 5.74) is 3.40. The van der Waals surface area contributed by atoms with Crippen LogP contribution in [0, 0.1) is 6.92 Å².